The number of aromatic nitrogens is 4. The minimum absolute atomic E-state index is 0.227. The highest BCUT2D eigenvalue weighted by Crippen LogP contribution is 2.41. The molecule has 1 aromatic carbocycles. The Hall–Kier alpha value is -3.26. The number of hydrogen-bond acceptors (Lipinski definition) is 8. The molecule has 0 radical (unpaired) electrons. The third kappa shape index (κ3) is 3.90. The van der Waals surface area contributed by atoms with Crippen molar-refractivity contribution in [3.63, 3.8) is 0 Å². The first-order chi connectivity index (χ1) is 15.0. The van der Waals surface area contributed by atoms with Crippen molar-refractivity contribution in [2.75, 3.05) is 29.9 Å². The van der Waals surface area contributed by atoms with Crippen molar-refractivity contribution in [2.45, 2.75) is 38.7 Å². The number of nitrogens with one attached hydrogen (secondary N) is 1. The molecule has 8 heteroatoms. The largest absolute Gasteiger partial charge is 0.508 e. The van der Waals surface area contributed by atoms with Gasteiger partial charge in [0.25, 0.3) is 0 Å². The smallest absolute Gasteiger partial charge is 0.229 e. The second kappa shape index (κ2) is 7.77. The van der Waals surface area contributed by atoms with Gasteiger partial charge in [0.15, 0.2) is 0 Å². The predicted molar refractivity (Wildman–Crippen MR) is 118 cm³/mol. The number of hydrogen-bond donors (Lipinski definition) is 2. The van der Waals surface area contributed by atoms with Crippen LogP contribution >= 0.6 is 0 Å². The van der Waals surface area contributed by atoms with Crippen LogP contribution in [0.2, 0.25) is 0 Å². The van der Waals surface area contributed by atoms with E-state index in [0.717, 1.165) is 61.1 Å². The second-order valence-corrected chi connectivity index (χ2v) is 8.23. The van der Waals surface area contributed by atoms with Gasteiger partial charge in [-0.1, -0.05) is 0 Å². The highest BCUT2D eigenvalue weighted by atomic mass is 16.5. The number of rotatable bonds is 3. The van der Waals surface area contributed by atoms with Crippen LogP contribution in [0.5, 0.6) is 5.75 Å². The number of phenolic OH excluding ortho intramolecular Hbond substituents is 1. The molecule has 0 amide bonds. The lowest BCUT2D eigenvalue weighted by Crippen LogP contribution is -2.47. The van der Waals surface area contributed by atoms with Crippen LogP contribution in [0.3, 0.4) is 0 Å². The van der Waals surface area contributed by atoms with Gasteiger partial charge < -0.3 is 20.1 Å². The summed E-state index contributed by atoms with van der Waals surface area (Å²) in [5.41, 5.74) is 3.68. The summed E-state index contributed by atoms with van der Waals surface area (Å²) in [4.78, 5) is 20.7. The van der Waals surface area contributed by atoms with Crippen LogP contribution < -0.4 is 10.2 Å². The zero-order valence-corrected chi connectivity index (χ0v) is 17.8. The van der Waals surface area contributed by atoms with Gasteiger partial charge in [-0.15, -0.1) is 0 Å². The quantitative estimate of drug-likeness (QED) is 0.625. The van der Waals surface area contributed by atoms with Gasteiger partial charge in [0, 0.05) is 36.7 Å². The lowest BCUT2D eigenvalue weighted by atomic mass is 9.83. The third-order valence-corrected chi connectivity index (χ3v) is 6.03. The molecule has 0 bridgehead atoms. The molecule has 2 aliphatic rings. The first-order valence-corrected chi connectivity index (χ1v) is 10.6. The standard InChI is InChI=1S/C23H26N6O2/c1-15-13-20(28-22(25-15)27-18-3-5-19(30)6-4-18)29-10-8-23(9-11-29)21-17(7-12-31-23)14-24-16(2)26-21/h3-6,13-14,30H,7-12H2,1-2H3,(H,25,27,28). The van der Waals surface area contributed by atoms with Crippen molar-refractivity contribution in [3.8, 4) is 5.75 Å². The van der Waals surface area contributed by atoms with Gasteiger partial charge in [0.2, 0.25) is 5.95 Å². The van der Waals surface area contributed by atoms with Crippen LogP contribution in [-0.2, 0) is 16.8 Å². The summed E-state index contributed by atoms with van der Waals surface area (Å²) in [5, 5.41) is 12.7. The minimum atomic E-state index is -0.326. The summed E-state index contributed by atoms with van der Waals surface area (Å²) in [6.45, 7) is 6.28. The zero-order valence-electron chi connectivity index (χ0n) is 17.8. The summed E-state index contributed by atoms with van der Waals surface area (Å²) in [7, 11) is 0. The highest BCUT2D eigenvalue weighted by molar-refractivity contribution is 5.56. The highest BCUT2D eigenvalue weighted by Gasteiger charge is 2.42. The number of benzene rings is 1. The Bertz CT molecular complexity index is 1090. The molecule has 1 spiro atoms. The fraction of sp³-hybridized carbons (Fsp3) is 0.391. The molecule has 31 heavy (non-hydrogen) atoms. The Morgan fingerprint density at radius 1 is 1.06 bits per heavy atom. The van der Waals surface area contributed by atoms with E-state index in [2.05, 4.69) is 20.2 Å². The van der Waals surface area contributed by atoms with E-state index in [0.29, 0.717) is 12.6 Å². The number of fused-ring (bicyclic) bond motifs is 2. The molecular weight excluding hydrogens is 392 g/mol. The zero-order chi connectivity index (χ0) is 21.4. The van der Waals surface area contributed by atoms with Gasteiger partial charge >= 0.3 is 0 Å². The van der Waals surface area contributed by atoms with Crippen molar-refractivity contribution in [1.29, 1.82) is 0 Å². The molecule has 0 aliphatic carbocycles. The van der Waals surface area contributed by atoms with E-state index >= 15 is 0 Å². The summed E-state index contributed by atoms with van der Waals surface area (Å²) in [6.07, 6.45) is 4.56. The Kier molecular flexibility index (Phi) is 4.94. The van der Waals surface area contributed by atoms with Crippen LogP contribution in [-0.4, -0.2) is 44.7 Å². The van der Waals surface area contributed by atoms with Crippen LogP contribution in [0.4, 0.5) is 17.5 Å². The monoisotopic (exact) mass is 418 g/mol. The normalized spacial score (nSPS) is 17.4. The molecule has 8 nitrogen and oxygen atoms in total. The number of nitrogens with zero attached hydrogens (tertiary/aromatic N) is 5. The van der Waals surface area contributed by atoms with E-state index in [4.69, 9.17) is 14.7 Å². The van der Waals surface area contributed by atoms with Crippen LogP contribution in [0, 0.1) is 13.8 Å². The Labute approximate surface area is 181 Å². The Balaban J connectivity index is 1.35. The average molecular weight is 419 g/mol. The lowest BCUT2D eigenvalue weighted by Gasteiger charge is -2.44. The van der Waals surface area contributed by atoms with Crippen molar-refractivity contribution < 1.29 is 9.84 Å². The van der Waals surface area contributed by atoms with Crippen molar-refractivity contribution in [3.05, 3.63) is 59.3 Å². The average Bonchev–Trinajstić information content (AvgIpc) is 2.76. The van der Waals surface area contributed by atoms with Gasteiger partial charge in [-0.25, -0.2) is 15.0 Å². The maximum atomic E-state index is 9.48. The van der Waals surface area contributed by atoms with Crippen molar-refractivity contribution in [1.82, 2.24) is 19.9 Å². The number of ether oxygens (including phenoxy) is 1. The number of anilines is 3. The summed E-state index contributed by atoms with van der Waals surface area (Å²) in [6, 6.07) is 8.88. The predicted octanol–water partition coefficient (Wildman–Crippen LogP) is 3.40. The van der Waals surface area contributed by atoms with E-state index < -0.39 is 0 Å². The topological polar surface area (TPSA) is 96.3 Å². The summed E-state index contributed by atoms with van der Waals surface area (Å²) in [5.74, 6) is 2.47. The fourth-order valence-corrected chi connectivity index (χ4v) is 4.42. The number of aryl methyl sites for hydroxylation is 2. The maximum Gasteiger partial charge on any atom is 0.229 e. The minimum Gasteiger partial charge on any atom is -0.508 e. The molecule has 4 heterocycles. The number of phenols is 1. The van der Waals surface area contributed by atoms with E-state index in [1.165, 1.54) is 5.56 Å². The van der Waals surface area contributed by atoms with Crippen molar-refractivity contribution in [2.24, 2.45) is 0 Å². The van der Waals surface area contributed by atoms with E-state index in [1.54, 1.807) is 24.3 Å². The molecule has 2 N–H and O–H groups in total. The van der Waals surface area contributed by atoms with Gasteiger partial charge in [-0.3, -0.25) is 0 Å². The summed E-state index contributed by atoms with van der Waals surface area (Å²) < 4.78 is 6.33. The van der Waals surface area contributed by atoms with Crippen LogP contribution in [0.25, 0.3) is 0 Å². The van der Waals surface area contributed by atoms with E-state index in [1.807, 2.05) is 26.1 Å². The Morgan fingerprint density at radius 2 is 1.84 bits per heavy atom. The first-order valence-electron chi connectivity index (χ1n) is 10.6. The number of aromatic hydroxyl groups is 1. The fourth-order valence-electron chi connectivity index (χ4n) is 4.42. The molecule has 2 aromatic heterocycles. The van der Waals surface area contributed by atoms with Crippen LogP contribution in [0.1, 0.15) is 35.6 Å². The van der Waals surface area contributed by atoms with E-state index in [-0.39, 0.29) is 11.4 Å². The molecule has 0 atom stereocenters. The van der Waals surface area contributed by atoms with Crippen LogP contribution in [0.15, 0.2) is 36.5 Å². The lowest BCUT2D eigenvalue weighted by molar-refractivity contribution is -0.0803. The molecule has 0 saturated carbocycles. The van der Waals surface area contributed by atoms with Gasteiger partial charge in [-0.05, 0) is 62.9 Å². The molecular formula is C23H26N6O2. The second-order valence-electron chi connectivity index (χ2n) is 8.23. The molecule has 2 aliphatic heterocycles. The molecule has 160 valence electrons. The molecule has 0 unspecified atom stereocenters. The van der Waals surface area contributed by atoms with Crippen molar-refractivity contribution >= 4 is 17.5 Å². The SMILES string of the molecule is Cc1cc(N2CCC3(CC2)OCCc2cnc(C)nc23)nc(Nc2ccc(O)cc2)n1. The Morgan fingerprint density at radius 3 is 2.61 bits per heavy atom. The first kappa shape index (κ1) is 19.7. The van der Waals surface area contributed by atoms with Gasteiger partial charge in [-0.2, -0.15) is 4.98 Å². The molecule has 3 aromatic rings. The summed E-state index contributed by atoms with van der Waals surface area (Å²) >= 11 is 0. The molecule has 1 saturated heterocycles. The molecule has 1 fully saturated rings. The number of piperidine rings is 1. The third-order valence-electron chi connectivity index (χ3n) is 6.03. The molecule has 5 rings (SSSR count). The maximum absolute atomic E-state index is 9.48. The van der Waals surface area contributed by atoms with E-state index in [9.17, 15) is 5.11 Å². The van der Waals surface area contributed by atoms with Gasteiger partial charge in [0.1, 0.15) is 23.0 Å². The van der Waals surface area contributed by atoms with Gasteiger partial charge in [0.05, 0.1) is 12.3 Å².